The molecule has 21 heavy (non-hydrogen) atoms. The van der Waals surface area contributed by atoms with Crippen molar-refractivity contribution in [2.75, 3.05) is 13.2 Å². The maximum absolute atomic E-state index is 12.7. The molecule has 1 aliphatic heterocycles. The summed E-state index contributed by atoms with van der Waals surface area (Å²) in [7, 11) is -2.18. The van der Waals surface area contributed by atoms with Gasteiger partial charge in [-0.05, 0) is 31.7 Å². The number of nitrogens with zero attached hydrogens (tertiary/aromatic N) is 2. The fourth-order valence-electron chi connectivity index (χ4n) is 2.76. The normalized spacial score (nSPS) is 20.0. The van der Waals surface area contributed by atoms with Gasteiger partial charge in [-0.1, -0.05) is 0 Å². The number of aromatic nitrogens is 1. The second-order valence-corrected chi connectivity index (χ2v) is 7.15. The molecule has 1 aromatic heterocycles. The number of aryl methyl sites for hydroxylation is 1. The molecule has 1 aliphatic rings. The molecule has 0 aliphatic carbocycles. The van der Waals surface area contributed by atoms with E-state index in [2.05, 4.69) is 0 Å². The van der Waals surface area contributed by atoms with Gasteiger partial charge in [0.15, 0.2) is 0 Å². The Morgan fingerprint density at radius 1 is 1.48 bits per heavy atom. The molecule has 0 amide bonds. The van der Waals surface area contributed by atoms with Crippen LogP contribution in [0, 0.1) is 0 Å². The van der Waals surface area contributed by atoms with E-state index >= 15 is 0 Å². The second kappa shape index (κ2) is 6.17. The van der Waals surface area contributed by atoms with Crippen LogP contribution in [0.25, 0.3) is 0 Å². The molecule has 7 nitrogen and oxygen atoms in total. The van der Waals surface area contributed by atoms with E-state index in [4.69, 9.17) is 10.2 Å². The summed E-state index contributed by atoms with van der Waals surface area (Å²) < 4.78 is 28.0. The van der Waals surface area contributed by atoms with Crippen molar-refractivity contribution in [2.45, 2.75) is 36.6 Å². The lowest BCUT2D eigenvalue weighted by molar-refractivity contribution is 0.0686. The van der Waals surface area contributed by atoms with Crippen LogP contribution >= 0.6 is 0 Å². The topological polar surface area (TPSA) is 99.8 Å². The van der Waals surface area contributed by atoms with E-state index < -0.39 is 16.0 Å². The number of rotatable bonds is 6. The number of hydrogen-bond donors (Lipinski definition) is 2. The van der Waals surface area contributed by atoms with Gasteiger partial charge in [-0.15, -0.1) is 0 Å². The largest absolute Gasteiger partial charge is 0.477 e. The monoisotopic (exact) mass is 316 g/mol. The Morgan fingerprint density at radius 3 is 2.76 bits per heavy atom. The lowest BCUT2D eigenvalue weighted by Crippen LogP contribution is -2.35. The third-order valence-electron chi connectivity index (χ3n) is 3.82. The van der Waals surface area contributed by atoms with Crippen LogP contribution in [0.3, 0.4) is 0 Å². The molecule has 0 aromatic carbocycles. The zero-order chi connectivity index (χ0) is 15.6. The standard InChI is InChI=1S/C13H20N2O5S/c1-14-9-11(8-12(14)13(17)18)21(19,20)15-6-2-4-10(15)5-3-7-16/h8-10,16H,2-7H2,1H3,(H,17,18). The molecule has 0 spiro atoms. The minimum Gasteiger partial charge on any atom is -0.477 e. The average molecular weight is 316 g/mol. The van der Waals surface area contributed by atoms with Crippen LogP contribution in [0.1, 0.15) is 36.2 Å². The molecule has 118 valence electrons. The van der Waals surface area contributed by atoms with E-state index in [1.807, 2.05) is 0 Å². The third kappa shape index (κ3) is 3.12. The third-order valence-corrected chi connectivity index (χ3v) is 5.74. The summed E-state index contributed by atoms with van der Waals surface area (Å²) in [5, 5.41) is 17.9. The molecule has 1 fully saturated rings. The van der Waals surface area contributed by atoms with Crippen LogP contribution < -0.4 is 0 Å². The second-order valence-electron chi connectivity index (χ2n) is 5.25. The van der Waals surface area contributed by atoms with Crippen molar-refractivity contribution in [1.82, 2.24) is 8.87 Å². The van der Waals surface area contributed by atoms with Crippen LogP contribution in [0.2, 0.25) is 0 Å². The fraction of sp³-hybridized carbons (Fsp3) is 0.615. The van der Waals surface area contributed by atoms with Crippen LogP contribution in [-0.2, 0) is 17.1 Å². The molecule has 0 bridgehead atoms. The van der Waals surface area contributed by atoms with Crippen LogP contribution in [0.4, 0.5) is 0 Å². The molecule has 1 unspecified atom stereocenters. The van der Waals surface area contributed by atoms with Gasteiger partial charge in [0.25, 0.3) is 0 Å². The van der Waals surface area contributed by atoms with E-state index in [9.17, 15) is 13.2 Å². The first-order chi connectivity index (χ1) is 9.87. The lowest BCUT2D eigenvalue weighted by Gasteiger charge is -2.23. The Balaban J connectivity index is 2.28. The van der Waals surface area contributed by atoms with Gasteiger partial charge in [0.05, 0.1) is 0 Å². The van der Waals surface area contributed by atoms with E-state index in [0.29, 0.717) is 19.4 Å². The number of carboxylic acid groups (broad SMARTS) is 1. The smallest absolute Gasteiger partial charge is 0.352 e. The lowest BCUT2D eigenvalue weighted by atomic mass is 10.1. The van der Waals surface area contributed by atoms with E-state index in [1.54, 1.807) is 0 Å². The first-order valence-electron chi connectivity index (χ1n) is 6.90. The van der Waals surface area contributed by atoms with Crippen LogP contribution in [0.15, 0.2) is 17.2 Å². The highest BCUT2D eigenvalue weighted by Gasteiger charge is 2.35. The van der Waals surface area contributed by atoms with Crippen molar-refractivity contribution in [3.63, 3.8) is 0 Å². The predicted molar refractivity (Wildman–Crippen MR) is 75.6 cm³/mol. The Bertz CT molecular complexity index is 623. The SMILES string of the molecule is Cn1cc(S(=O)(=O)N2CCCC2CCCO)cc1C(=O)O. The van der Waals surface area contributed by atoms with E-state index in [-0.39, 0.29) is 23.2 Å². The number of aliphatic hydroxyl groups is 1. The van der Waals surface area contributed by atoms with Crippen LogP contribution in [-0.4, -0.2) is 52.7 Å². The molecule has 8 heteroatoms. The number of carbonyl (C=O) groups is 1. The number of aliphatic hydroxyl groups excluding tert-OH is 1. The maximum atomic E-state index is 12.7. The molecule has 1 aromatic rings. The van der Waals surface area contributed by atoms with Gasteiger partial charge in [0.2, 0.25) is 10.0 Å². The van der Waals surface area contributed by atoms with Gasteiger partial charge < -0.3 is 14.8 Å². The summed E-state index contributed by atoms with van der Waals surface area (Å²) >= 11 is 0. The number of hydrogen-bond acceptors (Lipinski definition) is 4. The number of sulfonamides is 1. The Morgan fingerprint density at radius 2 is 2.19 bits per heavy atom. The van der Waals surface area contributed by atoms with Crippen molar-refractivity contribution in [3.8, 4) is 0 Å². The molecule has 1 atom stereocenters. The van der Waals surface area contributed by atoms with Gasteiger partial charge in [-0.2, -0.15) is 4.31 Å². The Labute approximate surface area is 123 Å². The van der Waals surface area contributed by atoms with Gasteiger partial charge in [-0.3, -0.25) is 0 Å². The molecule has 2 rings (SSSR count). The quantitative estimate of drug-likeness (QED) is 0.802. The molecular weight excluding hydrogens is 296 g/mol. The predicted octanol–water partition coefficient (Wildman–Crippen LogP) is 0.649. The summed E-state index contributed by atoms with van der Waals surface area (Å²) in [4.78, 5) is 11.0. The van der Waals surface area contributed by atoms with Gasteiger partial charge >= 0.3 is 5.97 Å². The van der Waals surface area contributed by atoms with Gasteiger partial charge in [0.1, 0.15) is 10.6 Å². The van der Waals surface area contributed by atoms with E-state index in [0.717, 1.165) is 12.8 Å². The van der Waals surface area contributed by atoms with Gasteiger partial charge in [0, 0.05) is 32.4 Å². The van der Waals surface area contributed by atoms with Gasteiger partial charge in [-0.25, -0.2) is 13.2 Å². The minimum atomic E-state index is -3.69. The highest BCUT2D eigenvalue weighted by molar-refractivity contribution is 7.89. The highest BCUT2D eigenvalue weighted by atomic mass is 32.2. The number of carboxylic acids is 1. The van der Waals surface area contributed by atoms with Crippen molar-refractivity contribution in [3.05, 3.63) is 18.0 Å². The summed E-state index contributed by atoms with van der Waals surface area (Å²) in [5.41, 5.74) is -0.0559. The average Bonchev–Trinajstić information content (AvgIpc) is 3.02. The Kier molecular flexibility index (Phi) is 4.70. The summed E-state index contributed by atoms with van der Waals surface area (Å²) in [5.74, 6) is -1.16. The first-order valence-corrected chi connectivity index (χ1v) is 8.34. The van der Waals surface area contributed by atoms with Crippen molar-refractivity contribution in [2.24, 2.45) is 7.05 Å². The zero-order valence-electron chi connectivity index (χ0n) is 11.9. The molecule has 1 saturated heterocycles. The highest BCUT2D eigenvalue weighted by Crippen LogP contribution is 2.29. The summed E-state index contributed by atoms with van der Waals surface area (Å²) in [6.45, 7) is 0.481. The van der Waals surface area contributed by atoms with Crippen LogP contribution in [0.5, 0.6) is 0 Å². The van der Waals surface area contributed by atoms with Crippen molar-refractivity contribution < 1.29 is 23.4 Å². The summed E-state index contributed by atoms with van der Waals surface area (Å²) in [6, 6.07) is 1.08. The molecule has 2 N–H and O–H groups in total. The molecule has 0 saturated carbocycles. The Hall–Kier alpha value is -1.38. The maximum Gasteiger partial charge on any atom is 0.352 e. The molecular formula is C13H20N2O5S. The molecule has 0 radical (unpaired) electrons. The summed E-state index contributed by atoms with van der Waals surface area (Å²) in [6.07, 6.45) is 4.08. The van der Waals surface area contributed by atoms with Crippen molar-refractivity contribution in [1.29, 1.82) is 0 Å². The van der Waals surface area contributed by atoms with Crippen molar-refractivity contribution >= 4 is 16.0 Å². The first kappa shape index (κ1) is 16.0. The zero-order valence-corrected chi connectivity index (χ0v) is 12.7. The molecule has 2 heterocycles. The van der Waals surface area contributed by atoms with E-state index in [1.165, 1.54) is 28.2 Å². The minimum absolute atomic E-state index is 0.0123. The fourth-order valence-corrected chi connectivity index (χ4v) is 4.56. The number of aromatic carboxylic acids is 1.